The maximum atomic E-state index is 12.1. The SMILES string of the molecule is C[C@@H](N)Cc1cc(Cl)ccc1OC(F)F. The normalized spacial score (nSPS) is 12.9. The predicted molar refractivity (Wildman–Crippen MR) is 55.4 cm³/mol. The van der Waals surface area contributed by atoms with Gasteiger partial charge in [-0.25, -0.2) is 0 Å². The molecular formula is C10H12ClF2NO. The third-order valence-electron chi connectivity index (χ3n) is 1.78. The van der Waals surface area contributed by atoms with Gasteiger partial charge < -0.3 is 10.5 Å². The van der Waals surface area contributed by atoms with Gasteiger partial charge in [-0.3, -0.25) is 0 Å². The molecule has 84 valence electrons. The summed E-state index contributed by atoms with van der Waals surface area (Å²) in [6, 6.07) is 4.38. The Hall–Kier alpha value is -0.870. The van der Waals surface area contributed by atoms with Crippen LogP contribution in [0.5, 0.6) is 5.75 Å². The number of alkyl halides is 2. The molecule has 0 aliphatic rings. The maximum absolute atomic E-state index is 12.1. The quantitative estimate of drug-likeness (QED) is 0.871. The largest absolute Gasteiger partial charge is 0.435 e. The zero-order valence-electron chi connectivity index (χ0n) is 8.21. The lowest BCUT2D eigenvalue weighted by Crippen LogP contribution is -2.18. The molecule has 0 unspecified atom stereocenters. The summed E-state index contributed by atoms with van der Waals surface area (Å²) in [5.41, 5.74) is 6.18. The summed E-state index contributed by atoms with van der Waals surface area (Å²) >= 11 is 5.75. The highest BCUT2D eigenvalue weighted by atomic mass is 35.5. The van der Waals surface area contributed by atoms with Crippen LogP contribution in [0.2, 0.25) is 5.02 Å². The van der Waals surface area contributed by atoms with Crippen molar-refractivity contribution in [1.82, 2.24) is 0 Å². The second-order valence-electron chi connectivity index (χ2n) is 3.31. The van der Waals surface area contributed by atoms with Crippen LogP contribution in [0, 0.1) is 0 Å². The van der Waals surface area contributed by atoms with E-state index in [2.05, 4.69) is 4.74 Å². The molecule has 1 rings (SSSR count). The van der Waals surface area contributed by atoms with Crippen molar-refractivity contribution in [2.45, 2.75) is 26.0 Å². The molecule has 0 heterocycles. The summed E-state index contributed by atoms with van der Waals surface area (Å²) in [5, 5.41) is 0.479. The topological polar surface area (TPSA) is 35.2 Å². The molecule has 1 atom stereocenters. The van der Waals surface area contributed by atoms with Gasteiger partial charge in [0, 0.05) is 11.1 Å². The standard InChI is InChI=1S/C10H12ClF2NO/c1-6(14)4-7-5-8(11)2-3-9(7)15-10(12)13/h2-3,5-6,10H,4,14H2,1H3/t6-/m1/s1. The Morgan fingerprint density at radius 1 is 1.47 bits per heavy atom. The van der Waals surface area contributed by atoms with Gasteiger partial charge in [0.15, 0.2) is 0 Å². The van der Waals surface area contributed by atoms with E-state index in [1.165, 1.54) is 12.1 Å². The number of hydrogen-bond donors (Lipinski definition) is 1. The Bertz CT molecular complexity index is 331. The van der Waals surface area contributed by atoms with Crippen molar-refractivity contribution >= 4 is 11.6 Å². The first kappa shape index (κ1) is 12.2. The van der Waals surface area contributed by atoms with Crippen molar-refractivity contribution < 1.29 is 13.5 Å². The zero-order valence-corrected chi connectivity index (χ0v) is 8.97. The van der Waals surface area contributed by atoms with Crippen molar-refractivity contribution in [3.05, 3.63) is 28.8 Å². The smallest absolute Gasteiger partial charge is 0.387 e. The molecule has 0 amide bonds. The van der Waals surface area contributed by atoms with Crippen LogP contribution < -0.4 is 10.5 Å². The van der Waals surface area contributed by atoms with Crippen LogP contribution in [-0.2, 0) is 6.42 Å². The second kappa shape index (κ2) is 5.28. The van der Waals surface area contributed by atoms with E-state index < -0.39 is 6.61 Å². The van der Waals surface area contributed by atoms with Crippen LogP contribution in [0.25, 0.3) is 0 Å². The molecule has 0 aromatic heterocycles. The maximum Gasteiger partial charge on any atom is 0.387 e. The molecule has 0 spiro atoms. The fourth-order valence-corrected chi connectivity index (χ4v) is 1.46. The number of benzene rings is 1. The molecule has 0 aliphatic heterocycles. The van der Waals surface area contributed by atoms with Crippen LogP contribution in [-0.4, -0.2) is 12.7 Å². The Kier molecular flexibility index (Phi) is 4.29. The van der Waals surface area contributed by atoms with Gasteiger partial charge in [0.05, 0.1) is 0 Å². The molecule has 1 aromatic carbocycles. The number of ether oxygens (including phenoxy) is 1. The first-order chi connectivity index (χ1) is 6.99. The van der Waals surface area contributed by atoms with Gasteiger partial charge >= 0.3 is 6.61 Å². The molecule has 0 bridgehead atoms. The van der Waals surface area contributed by atoms with E-state index in [1.54, 1.807) is 13.0 Å². The van der Waals surface area contributed by atoms with Crippen molar-refractivity contribution in [2.75, 3.05) is 0 Å². The van der Waals surface area contributed by atoms with Crippen molar-refractivity contribution in [1.29, 1.82) is 0 Å². The summed E-state index contributed by atoms with van der Waals surface area (Å²) in [5.74, 6) is 0.131. The molecule has 2 nitrogen and oxygen atoms in total. The Labute approximate surface area is 92.0 Å². The van der Waals surface area contributed by atoms with Crippen LogP contribution in [0.15, 0.2) is 18.2 Å². The van der Waals surface area contributed by atoms with E-state index >= 15 is 0 Å². The number of hydrogen-bond acceptors (Lipinski definition) is 2. The molecule has 0 saturated carbocycles. The third-order valence-corrected chi connectivity index (χ3v) is 2.02. The highest BCUT2D eigenvalue weighted by Gasteiger charge is 2.11. The van der Waals surface area contributed by atoms with Gasteiger partial charge in [0.2, 0.25) is 0 Å². The van der Waals surface area contributed by atoms with E-state index in [0.29, 0.717) is 17.0 Å². The van der Waals surface area contributed by atoms with Crippen molar-refractivity contribution in [2.24, 2.45) is 5.73 Å². The fourth-order valence-electron chi connectivity index (χ4n) is 1.27. The highest BCUT2D eigenvalue weighted by Crippen LogP contribution is 2.25. The van der Waals surface area contributed by atoms with Crippen molar-refractivity contribution in [3.63, 3.8) is 0 Å². The summed E-state index contributed by atoms with van der Waals surface area (Å²) < 4.78 is 28.5. The fraction of sp³-hybridized carbons (Fsp3) is 0.400. The predicted octanol–water partition coefficient (Wildman–Crippen LogP) is 2.83. The minimum atomic E-state index is -2.84. The van der Waals surface area contributed by atoms with Crippen molar-refractivity contribution in [3.8, 4) is 5.75 Å². The van der Waals surface area contributed by atoms with Crippen LogP contribution >= 0.6 is 11.6 Å². The van der Waals surface area contributed by atoms with Crippen LogP contribution in [0.3, 0.4) is 0 Å². The highest BCUT2D eigenvalue weighted by molar-refractivity contribution is 6.30. The zero-order chi connectivity index (χ0) is 11.4. The van der Waals surface area contributed by atoms with Gasteiger partial charge in [0.1, 0.15) is 5.75 Å². The molecular weight excluding hydrogens is 224 g/mol. The summed E-state index contributed by atoms with van der Waals surface area (Å²) in [4.78, 5) is 0. The van der Waals surface area contributed by atoms with Gasteiger partial charge in [-0.2, -0.15) is 8.78 Å². The third kappa shape index (κ3) is 4.01. The lowest BCUT2D eigenvalue weighted by Gasteiger charge is -2.12. The van der Waals surface area contributed by atoms with Gasteiger partial charge in [-0.05, 0) is 37.1 Å². The van der Waals surface area contributed by atoms with E-state index in [-0.39, 0.29) is 11.8 Å². The molecule has 0 aliphatic carbocycles. The Morgan fingerprint density at radius 3 is 2.67 bits per heavy atom. The molecule has 0 fully saturated rings. The molecule has 15 heavy (non-hydrogen) atoms. The lowest BCUT2D eigenvalue weighted by molar-refractivity contribution is -0.0504. The minimum Gasteiger partial charge on any atom is -0.435 e. The van der Waals surface area contributed by atoms with E-state index in [9.17, 15) is 8.78 Å². The molecule has 0 saturated heterocycles. The number of halogens is 3. The van der Waals surface area contributed by atoms with E-state index in [0.717, 1.165) is 0 Å². The molecule has 5 heteroatoms. The van der Waals surface area contributed by atoms with Gasteiger partial charge in [0.25, 0.3) is 0 Å². The summed E-state index contributed by atoms with van der Waals surface area (Å²) in [6.07, 6.45) is 0.447. The monoisotopic (exact) mass is 235 g/mol. The van der Waals surface area contributed by atoms with Gasteiger partial charge in [-0.15, -0.1) is 0 Å². The second-order valence-corrected chi connectivity index (χ2v) is 3.75. The average Bonchev–Trinajstić information content (AvgIpc) is 2.08. The molecule has 2 N–H and O–H groups in total. The minimum absolute atomic E-state index is 0.131. The van der Waals surface area contributed by atoms with Crippen LogP contribution in [0.1, 0.15) is 12.5 Å². The lowest BCUT2D eigenvalue weighted by atomic mass is 10.1. The van der Waals surface area contributed by atoms with Gasteiger partial charge in [-0.1, -0.05) is 11.6 Å². The first-order valence-electron chi connectivity index (χ1n) is 4.48. The average molecular weight is 236 g/mol. The number of nitrogens with two attached hydrogens (primary N) is 1. The van der Waals surface area contributed by atoms with Crippen LogP contribution in [0.4, 0.5) is 8.78 Å². The molecule has 1 aromatic rings. The Balaban J connectivity index is 2.92. The first-order valence-corrected chi connectivity index (χ1v) is 4.85. The number of rotatable bonds is 4. The summed E-state index contributed by atoms with van der Waals surface area (Å²) in [7, 11) is 0. The van der Waals surface area contributed by atoms with E-state index in [1.807, 2.05) is 0 Å². The van der Waals surface area contributed by atoms with E-state index in [4.69, 9.17) is 17.3 Å². The summed E-state index contributed by atoms with van der Waals surface area (Å²) in [6.45, 7) is -1.05. The Morgan fingerprint density at radius 2 is 2.13 bits per heavy atom. The molecule has 0 radical (unpaired) electrons.